The maximum Gasteiger partial charge on any atom is 0.414 e. The zero-order chi connectivity index (χ0) is 29.3. The van der Waals surface area contributed by atoms with Gasteiger partial charge in [0.15, 0.2) is 0 Å². The Kier molecular flexibility index (Phi) is 10.9. The molecule has 1 amide bonds. The number of H-pyrrole nitrogens is 1. The third-order valence-electron chi connectivity index (χ3n) is 10.1. The molecule has 3 fully saturated rings. The van der Waals surface area contributed by atoms with E-state index in [9.17, 15) is 4.79 Å². The van der Waals surface area contributed by atoms with Gasteiger partial charge in [-0.2, -0.15) is 0 Å². The van der Waals surface area contributed by atoms with Crippen LogP contribution < -0.4 is 14.8 Å². The van der Waals surface area contributed by atoms with E-state index in [0.717, 1.165) is 71.1 Å². The molecule has 5 heterocycles. The number of likely N-dealkylation sites (tertiary alicyclic amines) is 1. The number of fused-ring (bicyclic) bond motifs is 3. The normalized spacial score (nSPS) is 21.1. The summed E-state index contributed by atoms with van der Waals surface area (Å²) in [5, 5.41) is 5.05. The first kappa shape index (κ1) is 33.5. The van der Waals surface area contributed by atoms with Crippen molar-refractivity contribution >= 4 is 52.8 Å². The minimum atomic E-state index is -0.409. The van der Waals surface area contributed by atoms with Crippen LogP contribution >= 0.6 is 24.8 Å². The first-order valence-corrected chi connectivity index (χ1v) is 16.2. The van der Waals surface area contributed by atoms with E-state index >= 15 is 0 Å². The molecule has 3 aliphatic rings. The number of carbonyl (C=O) groups is 1. The standard InChI is InChI=1S/C35H44N4O4.2ClH/c1-23-17-28-26(22-42-33(28)18-24(23)2)21-41-32-10-5-8-30-29(32)19-34(37-30)43-35(40)36-27-11-15-38(16-12-27)20-25-7-6-14-39-13-4-3-9-31(25)39;;/h5,8,10,17-19,22,25,27,31,37H,3-4,6-7,9,11-16,20-21H2,1-2H3,(H,36,40);2*1H/t25-,31+;;/m0../s1. The number of furan rings is 1. The number of carbonyl (C=O) groups excluding carboxylic acids is 1. The number of hydrogen-bond donors (Lipinski definition) is 2. The second-order valence-corrected chi connectivity index (χ2v) is 12.9. The van der Waals surface area contributed by atoms with Gasteiger partial charge in [0.05, 0.1) is 11.8 Å². The summed E-state index contributed by atoms with van der Waals surface area (Å²) < 4.78 is 17.7. The van der Waals surface area contributed by atoms with Gasteiger partial charge in [-0.3, -0.25) is 0 Å². The molecule has 2 N–H and O–H groups in total. The largest absolute Gasteiger partial charge is 0.488 e. The van der Waals surface area contributed by atoms with E-state index in [0.29, 0.717) is 12.5 Å². The van der Waals surface area contributed by atoms with Gasteiger partial charge in [0.2, 0.25) is 5.88 Å². The van der Waals surface area contributed by atoms with E-state index in [1.165, 1.54) is 62.9 Å². The average Bonchev–Trinajstić information content (AvgIpc) is 3.60. The Morgan fingerprint density at radius 2 is 1.76 bits per heavy atom. The SMILES string of the molecule is Cc1cc2occ(COc3cccc4[nH]c(OC(=O)NC5CCN(C[C@@H]6CCCN7CCCC[C@H]67)CC5)cc34)c2cc1C.Cl.Cl. The van der Waals surface area contributed by atoms with Crippen molar-refractivity contribution in [3.8, 4) is 11.6 Å². The van der Waals surface area contributed by atoms with Crippen molar-refractivity contribution < 1.29 is 18.7 Å². The predicted molar refractivity (Wildman–Crippen MR) is 183 cm³/mol. The maximum atomic E-state index is 12.8. The van der Waals surface area contributed by atoms with Gasteiger partial charge in [0, 0.05) is 54.1 Å². The Labute approximate surface area is 278 Å². The van der Waals surface area contributed by atoms with Crippen LogP contribution in [-0.4, -0.2) is 65.7 Å². The number of aromatic amines is 1. The first-order chi connectivity index (χ1) is 21.0. The Morgan fingerprint density at radius 1 is 0.956 bits per heavy atom. The Hall–Kier alpha value is -2.91. The van der Waals surface area contributed by atoms with Crippen LogP contribution in [0.2, 0.25) is 0 Å². The summed E-state index contributed by atoms with van der Waals surface area (Å²) in [4.78, 5) is 21.4. The molecule has 0 spiro atoms. The fourth-order valence-electron chi connectivity index (χ4n) is 7.56. The van der Waals surface area contributed by atoms with Crippen molar-refractivity contribution in [3.05, 3.63) is 59.4 Å². The number of aryl methyl sites for hydroxylation is 2. The van der Waals surface area contributed by atoms with Crippen molar-refractivity contribution in [2.75, 3.05) is 32.7 Å². The van der Waals surface area contributed by atoms with Crippen LogP contribution in [0.4, 0.5) is 4.79 Å². The monoisotopic (exact) mass is 656 g/mol. The van der Waals surface area contributed by atoms with Crippen LogP contribution in [0, 0.1) is 19.8 Å². The fourth-order valence-corrected chi connectivity index (χ4v) is 7.56. The third kappa shape index (κ3) is 7.40. The summed E-state index contributed by atoms with van der Waals surface area (Å²) in [6.45, 7) is 10.4. The summed E-state index contributed by atoms with van der Waals surface area (Å²) in [5.74, 6) is 1.94. The van der Waals surface area contributed by atoms with E-state index in [2.05, 4.69) is 46.1 Å². The number of hydrogen-bond acceptors (Lipinski definition) is 6. The van der Waals surface area contributed by atoms with E-state index < -0.39 is 6.09 Å². The molecule has 8 nitrogen and oxygen atoms in total. The van der Waals surface area contributed by atoms with Crippen molar-refractivity contribution in [1.82, 2.24) is 20.1 Å². The number of benzene rings is 2. The molecule has 244 valence electrons. The number of halogens is 2. The van der Waals surface area contributed by atoms with Crippen LogP contribution in [0.1, 0.15) is 61.6 Å². The Morgan fingerprint density at radius 3 is 2.60 bits per heavy atom. The molecule has 0 bridgehead atoms. The lowest BCUT2D eigenvalue weighted by Crippen LogP contribution is -2.52. The number of rotatable bonds is 7. The fraction of sp³-hybridized carbons (Fsp3) is 0.514. The van der Waals surface area contributed by atoms with Gasteiger partial charge in [0.25, 0.3) is 0 Å². The molecule has 10 heteroatoms. The lowest BCUT2D eigenvalue weighted by molar-refractivity contribution is 0.0353. The van der Waals surface area contributed by atoms with Crippen molar-refractivity contribution in [1.29, 1.82) is 0 Å². The van der Waals surface area contributed by atoms with Gasteiger partial charge in [0.1, 0.15) is 17.9 Å². The molecule has 4 aromatic rings. The van der Waals surface area contributed by atoms with Crippen molar-refractivity contribution in [2.45, 2.75) is 77.5 Å². The lowest BCUT2D eigenvalue weighted by Gasteiger charge is -2.46. The molecule has 2 aromatic heterocycles. The smallest absolute Gasteiger partial charge is 0.414 e. The highest BCUT2D eigenvalue weighted by atomic mass is 35.5. The number of amides is 1. The molecule has 7 rings (SSSR count). The predicted octanol–water partition coefficient (Wildman–Crippen LogP) is 7.77. The van der Waals surface area contributed by atoms with Gasteiger partial charge in [-0.25, -0.2) is 4.79 Å². The van der Waals surface area contributed by atoms with Gasteiger partial charge in [-0.15, -0.1) is 24.8 Å². The number of piperidine rings is 3. The minimum Gasteiger partial charge on any atom is -0.488 e. The number of ether oxygens (including phenoxy) is 2. The average molecular weight is 658 g/mol. The van der Waals surface area contributed by atoms with Crippen LogP contribution in [0.25, 0.3) is 21.9 Å². The molecular weight excluding hydrogens is 611 g/mol. The van der Waals surface area contributed by atoms with Crippen molar-refractivity contribution in [3.63, 3.8) is 0 Å². The third-order valence-corrected chi connectivity index (χ3v) is 10.1. The topological polar surface area (TPSA) is 83.0 Å². The van der Waals surface area contributed by atoms with Crippen LogP contribution in [0.3, 0.4) is 0 Å². The minimum absolute atomic E-state index is 0. The van der Waals surface area contributed by atoms with Gasteiger partial charge < -0.3 is 34.0 Å². The number of nitrogens with one attached hydrogen (secondary N) is 2. The molecule has 0 aliphatic carbocycles. The maximum absolute atomic E-state index is 12.8. The Balaban J connectivity index is 0.00000200. The highest BCUT2D eigenvalue weighted by molar-refractivity contribution is 5.88. The second-order valence-electron chi connectivity index (χ2n) is 12.9. The molecule has 3 aliphatic heterocycles. The molecule has 45 heavy (non-hydrogen) atoms. The summed E-state index contributed by atoms with van der Waals surface area (Å²) in [5.41, 5.74) is 5.16. The Bertz CT molecular complexity index is 1590. The quantitative estimate of drug-likeness (QED) is 0.211. The van der Waals surface area contributed by atoms with Crippen LogP contribution in [0.15, 0.2) is 47.1 Å². The second kappa shape index (κ2) is 14.7. The molecular formula is C35H46Cl2N4O4. The van der Waals surface area contributed by atoms with Crippen LogP contribution in [0.5, 0.6) is 11.6 Å². The first-order valence-electron chi connectivity index (χ1n) is 16.2. The zero-order valence-corrected chi connectivity index (χ0v) is 27.9. The summed E-state index contributed by atoms with van der Waals surface area (Å²) in [6, 6.07) is 12.8. The van der Waals surface area contributed by atoms with E-state index in [4.69, 9.17) is 13.9 Å². The molecule has 0 unspecified atom stereocenters. The summed E-state index contributed by atoms with van der Waals surface area (Å²) >= 11 is 0. The molecule has 0 radical (unpaired) electrons. The van der Waals surface area contributed by atoms with Gasteiger partial charge >= 0.3 is 6.09 Å². The number of nitrogens with zero attached hydrogens (tertiary/aromatic N) is 2. The van der Waals surface area contributed by atoms with Gasteiger partial charge in [-0.05, 0) is 107 Å². The zero-order valence-electron chi connectivity index (χ0n) is 26.3. The van der Waals surface area contributed by atoms with Crippen molar-refractivity contribution in [2.24, 2.45) is 5.92 Å². The van der Waals surface area contributed by atoms with E-state index in [-0.39, 0.29) is 30.9 Å². The summed E-state index contributed by atoms with van der Waals surface area (Å²) in [7, 11) is 0. The lowest BCUT2D eigenvalue weighted by atomic mass is 9.83. The van der Waals surface area contributed by atoms with Crippen LogP contribution in [-0.2, 0) is 6.61 Å². The van der Waals surface area contributed by atoms with E-state index in [1.54, 1.807) is 6.26 Å². The molecule has 3 saturated heterocycles. The highest BCUT2D eigenvalue weighted by Gasteiger charge is 2.34. The molecule has 2 aromatic carbocycles. The van der Waals surface area contributed by atoms with Gasteiger partial charge in [-0.1, -0.05) is 12.5 Å². The van der Waals surface area contributed by atoms with E-state index in [1.807, 2.05) is 24.3 Å². The summed E-state index contributed by atoms with van der Waals surface area (Å²) in [6.07, 6.45) is 10.1. The number of aromatic nitrogens is 1. The molecule has 2 atom stereocenters. The molecule has 0 saturated carbocycles. The highest BCUT2D eigenvalue weighted by Crippen LogP contribution is 2.33.